The highest BCUT2D eigenvalue weighted by Gasteiger charge is 2.19. The van der Waals surface area contributed by atoms with Crippen molar-refractivity contribution in [2.75, 3.05) is 6.54 Å². The van der Waals surface area contributed by atoms with Gasteiger partial charge in [0.25, 0.3) is 0 Å². The molecule has 0 aliphatic heterocycles. The highest BCUT2D eigenvalue weighted by molar-refractivity contribution is 5.68. The summed E-state index contributed by atoms with van der Waals surface area (Å²) in [5, 5.41) is 13.6. The summed E-state index contributed by atoms with van der Waals surface area (Å²) in [7, 11) is 0. The van der Waals surface area contributed by atoms with Gasteiger partial charge in [0, 0.05) is 6.54 Å². The molecule has 0 radical (unpaired) electrons. The molecule has 2 atom stereocenters. The van der Waals surface area contributed by atoms with Crippen LogP contribution in [0.2, 0.25) is 0 Å². The first-order valence-corrected chi connectivity index (χ1v) is 6.97. The molecule has 0 spiro atoms. The number of hydrogen-bond acceptors (Lipinski definition) is 3. The largest absolute Gasteiger partial charge is 0.465 e. The first-order valence-electron chi connectivity index (χ1n) is 6.97. The molecule has 116 valence electrons. The average molecular weight is 294 g/mol. The first-order chi connectivity index (χ1) is 10.0. The molecule has 1 rings (SSSR count). The number of nitrogens with one attached hydrogen (secondary N) is 2. The minimum Gasteiger partial charge on any atom is -0.465 e. The number of hydrogen-bond donors (Lipinski definition) is 3. The predicted octanol–water partition coefficient (Wildman–Crippen LogP) is 2.60. The van der Waals surface area contributed by atoms with E-state index in [-0.39, 0.29) is 25.1 Å². The summed E-state index contributed by atoms with van der Waals surface area (Å²) in [6.45, 7) is 4.28. The molecule has 3 N–H and O–H groups in total. The van der Waals surface area contributed by atoms with Gasteiger partial charge in [0.2, 0.25) is 0 Å². The fourth-order valence-electron chi connectivity index (χ4n) is 1.79. The standard InChI is InChI=1S/C15H22N2O4/c1-3-11(2)13(9-16-14(18)19)17-15(20)21-10-12-7-5-4-6-8-12/h4-8,11,13,16H,3,9-10H2,1-2H3,(H,17,20)(H,18,19)/t11?,13-/m0/s1. The van der Waals surface area contributed by atoms with Crippen LogP contribution in [-0.4, -0.2) is 29.9 Å². The lowest BCUT2D eigenvalue weighted by Gasteiger charge is -2.23. The van der Waals surface area contributed by atoms with Gasteiger partial charge in [-0.1, -0.05) is 50.6 Å². The number of carbonyl (C=O) groups excluding carboxylic acids is 1. The average Bonchev–Trinajstić information content (AvgIpc) is 2.49. The van der Waals surface area contributed by atoms with Crippen molar-refractivity contribution in [3.8, 4) is 0 Å². The molecule has 0 bridgehead atoms. The molecule has 0 aliphatic rings. The van der Waals surface area contributed by atoms with E-state index >= 15 is 0 Å². The Morgan fingerprint density at radius 2 is 1.95 bits per heavy atom. The van der Waals surface area contributed by atoms with Gasteiger partial charge >= 0.3 is 12.2 Å². The monoisotopic (exact) mass is 294 g/mol. The van der Waals surface area contributed by atoms with Gasteiger partial charge < -0.3 is 20.5 Å². The molecule has 2 amide bonds. The molecule has 1 aromatic rings. The van der Waals surface area contributed by atoms with Crippen LogP contribution in [0, 0.1) is 5.92 Å². The Morgan fingerprint density at radius 1 is 1.29 bits per heavy atom. The Bertz CT molecular complexity index is 450. The number of benzene rings is 1. The van der Waals surface area contributed by atoms with Crippen molar-refractivity contribution in [3.63, 3.8) is 0 Å². The van der Waals surface area contributed by atoms with E-state index in [1.54, 1.807) is 0 Å². The molecular formula is C15H22N2O4. The topological polar surface area (TPSA) is 87.7 Å². The van der Waals surface area contributed by atoms with Crippen LogP contribution in [0.5, 0.6) is 0 Å². The van der Waals surface area contributed by atoms with Gasteiger partial charge in [0.1, 0.15) is 6.61 Å². The summed E-state index contributed by atoms with van der Waals surface area (Å²) in [6, 6.07) is 9.07. The number of amides is 2. The van der Waals surface area contributed by atoms with Crippen molar-refractivity contribution < 1.29 is 19.4 Å². The molecule has 1 aromatic carbocycles. The Hall–Kier alpha value is -2.24. The number of carbonyl (C=O) groups is 2. The van der Waals surface area contributed by atoms with Gasteiger partial charge in [0.15, 0.2) is 0 Å². The van der Waals surface area contributed by atoms with Crippen LogP contribution in [0.4, 0.5) is 9.59 Å². The summed E-state index contributed by atoms with van der Waals surface area (Å²) in [5.74, 6) is 0.140. The summed E-state index contributed by atoms with van der Waals surface area (Å²) in [5.41, 5.74) is 0.899. The third-order valence-electron chi connectivity index (χ3n) is 3.32. The van der Waals surface area contributed by atoms with Crippen molar-refractivity contribution in [2.24, 2.45) is 5.92 Å². The summed E-state index contributed by atoms with van der Waals surface area (Å²) in [6.07, 6.45) is -0.829. The van der Waals surface area contributed by atoms with Crippen molar-refractivity contribution in [3.05, 3.63) is 35.9 Å². The molecular weight excluding hydrogens is 272 g/mol. The minimum atomic E-state index is -1.11. The minimum absolute atomic E-state index is 0.140. The summed E-state index contributed by atoms with van der Waals surface area (Å²) in [4.78, 5) is 22.3. The third kappa shape index (κ3) is 6.65. The van der Waals surface area contributed by atoms with Gasteiger partial charge in [0.05, 0.1) is 6.04 Å². The molecule has 6 nitrogen and oxygen atoms in total. The quantitative estimate of drug-likeness (QED) is 0.721. The van der Waals surface area contributed by atoms with Crippen LogP contribution in [0.25, 0.3) is 0 Å². The van der Waals surface area contributed by atoms with E-state index in [4.69, 9.17) is 9.84 Å². The zero-order valence-electron chi connectivity index (χ0n) is 12.3. The van der Waals surface area contributed by atoms with Crippen molar-refractivity contribution >= 4 is 12.2 Å². The molecule has 1 unspecified atom stereocenters. The molecule has 0 saturated heterocycles. The molecule has 0 heterocycles. The Morgan fingerprint density at radius 3 is 2.52 bits per heavy atom. The lowest BCUT2D eigenvalue weighted by molar-refractivity contribution is 0.131. The smallest absolute Gasteiger partial charge is 0.407 e. The third-order valence-corrected chi connectivity index (χ3v) is 3.32. The molecule has 0 fully saturated rings. The van der Waals surface area contributed by atoms with E-state index < -0.39 is 12.2 Å². The highest BCUT2D eigenvalue weighted by atomic mass is 16.5. The number of carboxylic acid groups (broad SMARTS) is 1. The van der Waals surface area contributed by atoms with Gasteiger partial charge in [-0.25, -0.2) is 9.59 Å². The van der Waals surface area contributed by atoms with E-state index in [1.807, 2.05) is 44.2 Å². The number of ether oxygens (including phenoxy) is 1. The molecule has 0 aromatic heterocycles. The van der Waals surface area contributed by atoms with Crippen LogP contribution >= 0.6 is 0 Å². The van der Waals surface area contributed by atoms with Crippen LogP contribution in [0.3, 0.4) is 0 Å². The van der Waals surface area contributed by atoms with Crippen LogP contribution in [0.1, 0.15) is 25.8 Å². The maximum absolute atomic E-state index is 11.8. The zero-order valence-corrected chi connectivity index (χ0v) is 12.3. The van der Waals surface area contributed by atoms with Gasteiger partial charge in [-0.2, -0.15) is 0 Å². The van der Waals surface area contributed by atoms with Crippen molar-refractivity contribution in [1.29, 1.82) is 0 Å². The maximum atomic E-state index is 11.8. The lowest BCUT2D eigenvalue weighted by atomic mass is 9.99. The zero-order chi connectivity index (χ0) is 15.7. The van der Waals surface area contributed by atoms with E-state index in [2.05, 4.69) is 10.6 Å². The fraction of sp³-hybridized carbons (Fsp3) is 0.467. The van der Waals surface area contributed by atoms with Crippen molar-refractivity contribution in [2.45, 2.75) is 32.9 Å². The summed E-state index contributed by atoms with van der Waals surface area (Å²) < 4.78 is 5.13. The molecule has 6 heteroatoms. The van der Waals surface area contributed by atoms with Gasteiger partial charge in [-0.05, 0) is 11.5 Å². The highest BCUT2D eigenvalue weighted by Crippen LogP contribution is 2.08. The summed E-state index contributed by atoms with van der Waals surface area (Å²) >= 11 is 0. The predicted molar refractivity (Wildman–Crippen MR) is 79.0 cm³/mol. The molecule has 0 saturated carbocycles. The maximum Gasteiger partial charge on any atom is 0.407 e. The first kappa shape index (κ1) is 16.8. The van der Waals surface area contributed by atoms with Crippen molar-refractivity contribution in [1.82, 2.24) is 10.6 Å². The second-order valence-electron chi connectivity index (χ2n) is 4.88. The Kier molecular flexibility index (Phi) is 7.08. The Balaban J connectivity index is 2.45. The molecule has 0 aliphatic carbocycles. The number of alkyl carbamates (subject to hydrolysis) is 1. The van der Waals surface area contributed by atoms with Gasteiger partial charge in [-0.3, -0.25) is 0 Å². The van der Waals surface area contributed by atoms with Crippen LogP contribution < -0.4 is 10.6 Å². The van der Waals surface area contributed by atoms with Crippen LogP contribution in [-0.2, 0) is 11.3 Å². The lowest BCUT2D eigenvalue weighted by Crippen LogP contribution is -2.47. The Labute approximate surface area is 124 Å². The van der Waals surface area contributed by atoms with E-state index in [9.17, 15) is 9.59 Å². The second kappa shape index (κ2) is 8.84. The van der Waals surface area contributed by atoms with E-state index in [1.165, 1.54) is 0 Å². The van der Waals surface area contributed by atoms with Gasteiger partial charge in [-0.15, -0.1) is 0 Å². The van der Waals surface area contributed by atoms with Crippen LogP contribution in [0.15, 0.2) is 30.3 Å². The fourth-order valence-corrected chi connectivity index (χ4v) is 1.79. The molecule has 21 heavy (non-hydrogen) atoms. The van der Waals surface area contributed by atoms with E-state index in [0.29, 0.717) is 0 Å². The SMILES string of the molecule is CCC(C)[C@H](CNC(=O)O)NC(=O)OCc1ccccc1. The normalized spacial score (nSPS) is 13.0. The number of rotatable bonds is 7. The van der Waals surface area contributed by atoms with E-state index in [0.717, 1.165) is 12.0 Å². The second-order valence-corrected chi connectivity index (χ2v) is 4.88.